The van der Waals surface area contributed by atoms with Crippen LogP contribution in [0.25, 0.3) is 0 Å². The van der Waals surface area contributed by atoms with E-state index in [2.05, 4.69) is 0 Å². The van der Waals surface area contributed by atoms with Crippen LogP contribution >= 0.6 is 0 Å². The molecular formula is C8F14. The summed E-state index contributed by atoms with van der Waals surface area (Å²) in [5.41, 5.74) is -13.6. The lowest BCUT2D eigenvalue weighted by atomic mass is 10.0. The molecule has 0 aromatic rings. The average molecular weight is 362 g/mol. The van der Waals surface area contributed by atoms with Crippen LogP contribution in [0.1, 0.15) is 0 Å². The summed E-state index contributed by atoms with van der Waals surface area (Å²) in [7, 11) is 0. The number of halogens is 14. The van der Waals surface area contributed by atoms with E-state index in [0.717, 1.165) is 0 Å². The Bertz CT molecular complexity index is 389. The van der Waals surface area contributed by atoms with E-state index in [4.69, 9.17) is 0 Å². The fourth-order valence-electron chi connectivity index (χ4n) is 0.777. The summed E-state index contributed by atoms with van der Waals surface area (Å²) in [6.45, 7) is 0. The standard InChI is InChI=1S/C8F14/c9-3(5(11,12)13,6(14,15)16)1-2-4(10,7(17,18)19)8(20,21)22. The molecule has 0 saturated carbocycles. The molecule has 14 heteroatoms. The summed E-state index contributed by atoms with van der Waals surface area (Å²) in [6.07, 6.45) is -28.2. The molecule has 0 nitrogen and oxygen atoms in total. The van der Waals surface area contributed by atoms with E-state index in [1.54, 1.807) is 0 Å². The molecule has 0 heterocycles. The summed E-state index contributed by atoms with van der Waals surface area (Å²) in [5, 5.41) is 0. The van der Waals surface area contributed by atoms with Crippen LogP contribution in [-0.2, 0) is 0 Å². The molecular weight excluding hydrogens is 362 g/mol. The maximum Gasteiger partial charge on any atom is 0.443 e. The molecule has 0 bridgehead atoms. The molecule has 22 heavy (non-hydrogen) atoms. The normalized spacial score (nSPS) is 15.4. The first-order valence-electron chi connectivity index (χ1n) is 4.40. The minimum atomic E-state index is -7.06. The molecule has 0 N–H and O–H groups in total. The van der Waals surface area contributed by atoms with Gasteiger partial charge in [-0.25, -0.2) is 8.78 Å². The average Bonchev–Trinajstić information content (AvgIpc) is 2.18. The first-order valence-corrected chi connectivity index (χ1v) is 4.40. The maximum atomic E-state index is 12.8. The van der Waals surface area contributed by atoms with Crippen molar-refractivity contribution in [1.82, 2.24) is 0 Å². The summed E-state index contributed by atoms with van der Waals surface area (Å²) in [5.74, 6) is -1.90. The van der Waals surface area contributed by atoms with Gasteiger partial charge in [0.15, 0.2) is 0 Å². The second-order valence-corrected chi connectivity index (χ2v) is 3.56. The Morgan fingerprint density at radius 3 is 0.545 bits per heavy atom. The molecule has 0 aromatic heterocycles. The molecule has 0 aliphatic rings. The Kier molecular flexibility index (Phi) is 4.73. The molecule has 0 spiro atoms. The van der Waals surface area contributed by atoms with Gasteiger partial charge < -0.3 is 0 Å². The minimum absolute atomic E-state index is 0.952. The zero-order valence-electron chi connectivity index (χ0n) is 9.29. The van der Waals surface area contributed by atoms with E-state index >= 15 is 0 Å². The van der Waals surface area contributed by atoms with Crippen LogP contribution in [0, 0.1) is 11.8 Å². The van der Waals surface area contributed by atoms with Crippen LogP contribution in [0.4, 0.5) is 61.5 Å². The highest BCUT2D eigenvalue weighted by Gasteiger charge is 2.75. The zero-order valence-corrected chi connectivity index (χ0v) is 9.29. The van der Waals surface area contributed by atoms with Crippen LogP contribution in [0.15, 0.2) is 0 Å². The van der Waals surface area contributed by atoms with Gasteiger partial charge in [-0.2, -0.15) is 52.7 Å². The third-order valence-electron chi connectivity index (χ3n) is 1.97. The van der Waals surface area contributed by atoms with Crippen molar-refractivity contribution in [3.8, 4) is 11.8 Å². The van der Waals surface area contributed by atoms with Crippen molar-refractivity contribution in [2.45, 2.75) is 36.0 Å². The molecule has 130 valence electrons. The maximum absolute atomic E-state index is 12.8. The van der Waals surface area contributed by atoms with Crippen molar-refractivity contribution in [2.24, 2.45) is 0 Å². The van der Waals surface area contributed by atoms with E-state index in [-0.39, 0.29) is 0 Å². The van der Waals surface area contributed by atoms with Gasteiger partial charge in [0.1, 0.15) is 0 Å². The molecule has 0 unspecified atom stereocenters. The molecule has 0 aromatic carbocycles. The lowest BCUT2D eigenvalue weighted by molar-refractivity contribution is -0.323. The third kappa shape index (κ3) is 3.32. The summed E-state index contributed by atoms with van der Waals surface area (Å²) in [4.78, 5) is 0. The van der Waals surface area contributed by atoms with Crippen molar-refractivity contribution < 1.29 is 61.5 Å². The fraction of sp³-hybridized carbons (Fsp3) is 0.750. The van der Waals surface area contributed by atoms with Crippen LogP contribution in [0.5, 0.6) is 0 Å². The number of alkyl halides is 14. The SMILES string of the molecule is FC(F)(F)C(F)(C#CC(F)(C(F)(F)F)C(F)(F)F)C(F)(F)F. The number of rotatable bonds is 0. The molecule has 0 saturated heterocycles. The predicted octanol–water partition coefficient (Wildman–Crippen LogP) is 4.66. The molecule has 0 aliphatic heterocycles. The lowest BCUT2D eigenvalue weighted by Gasteiger charge is -2.27. The topological polar surface area (TPSA) is 0 Å². The molecule has 0 fully saturated rings. The van der Waals surface area contributed by atoms with Gasteiger partial charge in [0, 0.05) is 0 Å². The first kappa shape index (κ1) is 20.6. The monoisotopic (exact) mass is 362 g/mol. The van der Waals surface area contributed by atoms with E-state index in [0.29, 0.717) is 0 Å². The second kappa shape index (κ2) is 5.05. The van der Waals surface area contributed by atoms with Crippen molar-refractivity contribution in [2.75, 3.05) is 0 Å². The minimum Gasteiger partial charge on any atom is -0.209 e. The van der Waals surface area contributed by atoms with E-state index in [1.807, 2.05) is 0 Å². The number of hydrogen-bond donors (Lipinski definition) is 0. The highest BCUT2D eigenvalue weighted by Crippen LogP contribution is 2.48. The quantitative estimate of drug-likeness (QED) is 0.435. The molecule has 0 atom stereocenters. The van der Waals surface area contributed by atoms with Crippen molar-refractivity contribution >= 4 is 0 Å². The molecule has 0 aliphatic carbocycles. The number of hydrogen-bond acceptors (Lipinski definition) is 0. The van der Waals surface area contributed by atoms with Gasteiger partial charge in [0.2, 0.25) is 0 Å². The molecule has 0 amide bonds. The van der Waals surface area contributed by atoms with Crippen LogP contribution in [0.2, 0.25) is 0 Å². The van der Waals surface area contributed by atoms with Crippen molar-refractivity contribution in [3.05, 3.63) is 0 Å². The fourth-order valence-corrected chi connectivity index (χ4v) is 0.777. The largest absolute Gasteiger partial charge is 0.443 e. The Morgan fingerprint density at radius 1 is 0.318 bits per heavy atom. The van der Waals surface area contributed by atoms with Crippen molar-refractivity contribution in [3.63, 3.8) is 0 Å². The molecule has 0 rings (SSSR count). The van der Waals surface area contributed by atoms with E-state index in [9.17, 15) is 61.5 Å². The summed E-state index contributed by atoms with van der Waals surface area (Å²) < 4.78 is 168. The Labute approximate surface area is 111 Å². The molecule has 0 radical (unpaired) electrons. The third-order valence-corrected chi connectivity index (χ3v) is 1.97. The Hall–Kier alpha value is -1.42. The van der Waals surface area contributed by atoms with Crippen molar-refractivity contribution in [1.29, 1.82) is 0 Å². The van der Waals surface area contributed by atoms with E-state index < -0.39 is 47.9 Å². The summed E-state index contributed by atoms with van der Waals surface area (Å²) in [6, 6.07) is 0. The highest BCUT2D eigenvalue weighted by atomic mass is 19.4. The van der Waals surface area contributed by atoms with Gasteiger partial charge >= 0.3 is 36.0 Å². The highest BCUT2D eigenvalue weighted by molar-refractivity contribution is 5.29. The van der Waals surface area contributed by atoms with Gasteiger partial charge in [-0.15, -0.1) is 0 Å². The predicted molar refractivity (Wildman–Crippen MR) is 39.7 cm³/mol. The van der Waals surface area contributed by atoms with Gasteiger partial charge in [0.25, 0.3) is 0 Å². The lowest BCUT2D eigenvalue weighted by Crippen LogP contribution is -2.55. The van der Waals surface area contributed by atoms with Gasteiger partial charge in [-0.05, 0) is 11.8 Å². The van der Waals surface area contributed by atoms with Gasteiger partial charge in [0.05, 0.1) is 0 Å². The Balaban J connectivity index is 6.34. The van der Waals surface area contributed by atoms with Gasteiger partial charge in [-0.1, -0.05) is 0 Å². The van der Waals surface area contributed by atoms with Crippen LogP contribution in [-0.4, -0.2) is 36.0 Å². The Morgan fingerprint density at radius 2 is 0.455 bits per heavy atom. The zero-order chi connectivity index (χ0) is 18.4. The van der Waals surface area contributed by atoms with Gasteiger partial charge in [-0.3, -0.25) is 0 Å². The second-order valence-electron chi connectivity index (χ2n) is 3.56. The van der Waals surface area contributed by atoms with E-state index in [1.165, 1.54) is 0 Å². The smallest absolute Gasteiger partial charge is 0.209 e. The van der Waals surface area contributed by atoms with Crippen LogP contribution in [0.3, 0.4) is 0 Å². The summed E-state index contributed by atoms with van der Waals surface area (Å²) >= 11 is 0. The first-order chi connectivity index (χ1) is 9.21. The van der Waals surface area contributed by atoms with Crippen LogP contribution < -0.4 is 0 Å².